The van der Waals surface area contributed by atoms with E-state index in [2.05, 4.69) is 5.32 Å². The number of hydrogen-bond acceptors (Lipinski definition) is 8. The number of nitrogens with zero attached hydrogens (tertiary/aromatic N) is 1. The summed E-state index contributed by atoms with van der Waals surface area (Å²) >= 11 is 0. The van der Waals surface area contributed by atoms with E-state index in [1.165, 1.54) is 38.5 Å². The minimum Gasteiger partial charge on any atom is -0.469 e. The molecule has 1 heterocycles. The van der Waals surface area contributed by atoms with Gasteiger partial charge in [-0.05, 0) is 12.0 Å². The van der Waals surface area contributed by atoms with Crippen LogP contribution in [0.5, 0.6) is 0 Å². The highest BCUT2D eigenvalue weighted by Crippen LogP contribution is 2.28. The molecular weight excluding hydrogens is 372 g/mol. The average Bonchev–Trinajstić information content (AvgIpc) is 3.24. The van der Waals surface area contributed by atoms with Crippen molar-refractivity contribution in [2.75, 3.05) is 27.4 Å². The van der Waals surface area contributed by atoms with Gasteiger partial charge in [-0.2, -0.15) is 0 Å². The van der Waals surface area contributed by atoms with Crippen LogP contribution in [0, 0.1) is 16.0 Å². The number of benzene rings is 1. The predicted octanol–water partition coefficient (Wildman–Crippen LogP) is 0.936. The Balaban J connectivity index is 2.33. The van der Waals surface area contributed by atoms with E-state index in [0.717, 1.165) is 0 Å². The first-order valence-electron chi connectivity index (χ1n) is 8.64. The molecule has 3 atom stereocenters. The fraction of sp³-hybridized carbons (Fsp3) is 0.500. The molecule has 1 aliphatic rings. The van der Waals surface area contributed by atoms with Gasteiger partial charge in [-0.25, -0.2) is 4.79 Å². The molecule has 1 saturated heterocycles. The van der Waals surface area contributed by atoms with Crippen molar-refractivity contribution >= 4 is 23.5 Å². The quantitative estimate of drug-likeness (QED) is 0.391. The average molecular weight is 394 g/mol. The molecule has 10 heteroatoms. The summed E-state index contributed by atoms with van der Waals surface area (Å²) in [6, 6.07) is 4.24. The van der Waals surface area contributed by atoms with Crippen molar-refractivity contribution in [2.45, 2.75) is 24.8 Å². The van der Waals surface area contributed by atoms with Gasteiger partial charge in [-0.1, -0.05) is 12.1 Å². The minimum absolute atomic E-state index is 0.137. The van der Waals surface area contributed by atoms with Crippen molar-refractivity contribution in [3.8, 4) is 0 Å². The van der Waals surface area contributed by atoms with Crippen LogP contribution in [0.4, 0.5) is 5.69 Å². The largest absolute Gasteiger partial charge is 0.469 e. The van der Waals surface area contributed by atoms with Crippen LogP contribution < -0.4 is 5.32 Å². The molecule has 0 unspecified atom stereocenters. The Labute approximate surface area is 161 Å². The highest BCUT2D eigenvalue weighted by atomic mass is 16.6. The number of methoxy groups -OCH3 is 2. The molecule has 1 amide bonds. The van der Waals surface area contributed by atoms with E-state index >= 15 is 0 Å². The smallest absolute Gasteiger partial charge is 0.329 e. The maximum atomic E-state index is 12.5. The zero-order valence-corrected chi connectivity index (χ0v) is 15.6. The summed E-state index contributed by atoms with van der Waals surface area (Å²) in [5, 5.41) is 13.5. The molecule has 2 rings (SSSR count). The molecule has 1 N–H and O–H groups in total. The van der Waals surface area contributed by atoms with Crippen molar-refractivity contribution in [1.29, 1.82) is 0 Å². The van der Waals surface area contributed by atoms with Crippen LogP contribution in [0.1, 0.15) is 24.3 Å². The summed E-state index contributed by atoms with van der Waals surface area (Å²) in [6.45, 7) is 0.702. The molecule has 28 heavy (non-hydrogen) atoms. The van der Waals surface area contributed by atoms with Crippen molar-refractivity contribution in [2.24, 2.45) is 5.92 Å². The van der Waals surface area contributed by atoms with Crippen LogP contribution in [0.15, 0.2) is 24.3 Å². The van der Waals surface area contributed by atoms with Gasteiger partial charge in [0, 0.05) is 24.7 Å². The molecule has 0 bridgehead atoms. The van der Waals surface area contributed by atoms with Gasteiger partial charge in [0.05, 0.1) is 38.1 Å². The number of carbonyl (C=O) groups is 3. The van der Waals surface area contributed by atoms with Gasteiger partial charge in [-0.3, -0.25) is 19.7 Å². The van der Waals surface area contributed by atoms with Gasteiger partial charge in [0.1, 0.15) is 6.04 Å². The topological polar surface area (TPSA) is 134 Å². The Bertz CT molecular complexity index is 728. The minimum atomic E-state index is -1.17. The summed E-state index contributed by atoms with van der Waals surface area (Å²) in [5.41, 5.74) is 0.316. The first-order valence-corrected chi connectivity index (χ1v) is 8.64. The van der Waals surface area contributed by atoms with Gasteiger partial charge >= 0.3 is 11.9 Å². The Morgan fingerprint density at radius 2 is 1.93 bits per heavy atom. The summed E-state index contributed by atoms with van der Waals surface area (Å²) in [5.74, 6) is -2.95. The number of nitrogens with one attached hydrogen (secondary N) is 1. The third kappa shape index (κ3) is 5.26. The maximum Gasteiger partial charge on any atom is 0.329 e. The lowest BCUT2D eigenvalue weighted by Crippen LogP contribution is -2.48. The zero-order chi connectivity index (χ0) is 20.7. The van der Waals surface area contributed by atoms with Gasteiger partial charge in [0.15, 0.2) is 0 Å². The third-order valence-electron chi connectivity index (χ3n) is 4.60. The van der Waals surface area contributed by atoms with E-state index in [9.17, 15) is 24.5 Å². The van der Waals surface area contributed by atoms with Crippen molar-refractivity contribution < 1.29 is 33.5 Å². The molecule has 1 aromatic carbocycles. The second kappa shape index (κ2) is 9.79. The van der Waals surface area contributed by atoms with Gasteiger partial charge in [0.2, 0.25) is 5.91 Å². The van der Waals surface area contributed by atoms with Crippen molar-refractivity contribution in [3.05, 3.63) is 39.9 Å². The highest BCUT2D eigenvalue weighted by molar-refractivity contribution is 5.87. The van der Waals surface area contributed by atoms with E-state index in [-0.39, 0.29) is 24.6 Å². The lowest BCUT2D eigenvalue weighted by Gasteiger charge is -2.26. The number of esters is 2. The fourth-order valence-corrected chi connectivity index (χ4v) is 3.00. The summed E-state index contributed by atoms with van der Waals surface area (Å²) in [6.07, 6.45) is 0.300. The number of nitro benzene ring substituents is 1. The Morgan fingerprint density at radius 1 is 1.25 bits per heavy atom. The van der Waals surface area contributed by atoms with Gasteiger partial charge in [0.25, 0.3) is 5.69 Å². The molecule has 10 nitrogen and oxygen atoms in total. The molecule has 0 saturated carbocycles. The van der Waals surface area contributed by atoms with E-state index in [1.807, 2.05) is 0 Å². The number of ether oxygens (including phenoxy) is 3. The monoisotopic (exact) mass is 394 g/mol. The number of nitro groups is 1. The molecule has 1 aliphatic heterocycles. The number of amides is 1. The van der Waals surface area contributed by atoms with E-state index < -0.39 is 34.7 Å². The number of non-ortho nitro benzene ring substituents is 1. The Morgan fingerprint density at radius 3 is 2.43 bits per heavy atom. The van der Waals surface area contributed by atoms with Crippen molar-refractivity contribution in [3.63, 3.8) is 0 Å². The van der Waals surface area contributed by atoms with Gasteiger partial charge < -0.3 is 19.5 Å². The molecular formula is C18H22N2O8. The van der Waals surface area contributed by atoms with Crippen LogP contribution in [0.2, 0.25) is 0 Å². The van der Waals surface area contributed by atoms with E-state index in [1.54, 1.807) is 0 Å². The summed E-state index contributed by atoms with van der Waals surface area (Å²) in [7, 11) is 2.38. The molecule has 0 radical (unpaired) electrons. The first kappa shape index (κ1) is 21.3. The van der Waals surface area contributed by atoms with Crippen LogP contribution in [0.3, 0.4) is 0 Å². The lowest BCUT2D eigenvalue weighted by molar-refractivity contribution is -0.384. The number of rotatable bonds is 8. The standard InChI is InChI=1S/C18H22N2O8/c1-26-15(21)9-14(11-3-5-13(6-4-11)20(24)25)16(18(23)27-2)19-17(22)12-7-8-28-10-12/h3-6,12,14,16H,7-10H2,1-2H3,(H,19,22)/t12-,14-,16-/m0/s1. The maximum absolute atomic E-state index is 12.5. The van der Waals surface area contributed by atoms with Crippen LogP contribution >= 0.6 is 0 Å². The summed E-state index contributed by atoms with van der Waals surface area (Å²) in [4.78, 5) is 47.1. The van der Waals surface area contributed by atoms with E-state index in [4.69, 9.17) is 14.2 Å². The Kier molecular flexibility index (Phi) is 7.44. The van der Waals surface area contributed by atoms with Crippen LogP contribution in [-0.4, -0.2) is 56.2 Å². The lowest BCUT2D eigenvalue weighted by atomic mass is 9.87. The highest BCUT2D eigenvalue weighted by Gasteiger charge is 2.36. The van der Waals surface area contributed by atoms with Gasteiger partial charge in [-0.15, -0.1) is 0 Å². The molecule has 0 aliphatic carbocycles. The fourth-order valence-electron chi connectivity index (χ4n) is 3.00. The predicted molar refractivity (Wildman–Crippen MR) is 95.3 cm³/mol. The third-order valence-corrected chi connectivity index (χ3v) is 4.60. The molecule has 1 aromatic rings. The van der Waals surface area contributed by atoms with Crippen LogP contribution in [0.25, 0.3) is 0 Å². The number of carbonyl (C=O) groups excluding carboxylic acids is 3. The Hall–Kier alpha value is -3.01. The normalized spacial score (nSPS) is 18.0. The van der Waals surface area contributed by atoms with Crippen LogP contribution in [-0.2, 0) is 28.6 Å². The summed E-state index contributed by atoms with van der Waals surface area (Å²) < 4.78 is 14.7. The SMILES string of the molecule is COC(=O)C[C@@H](c1ccc([N+](=O)[O-])cc1)[C@H](NC(=O)[C@H]1CCOC1)C(=O)OC. The first-order chi connectivity index (χ1) is 13.4. The zero-order valence-electron chi connectivity index (χ0n) is 15.6. The molecule has 152 valence electrons. The van der Waals surface area contributed by atoms with E-state index in [0.29, 0.717) is 18.6 Å². The van der Waals surface area contributed by atoms with Crippen molar-refractivity contribution in [1.82, 2.24) is 5.32 Å². The second-order valence-electron chi connectivity index (χ2n) is 6.31. The molecule has 0 aromatic heterocycles. The molecule has 0 spiro atoms. The second-order valence-corrected chi connectivity index (χ2v) is 6.31. The molecule has 1 fully saturated rings. The number of hydrogen-bond donors (Lipinski definition) is 1.